The first-order valence-electron chi connectivity index (χ1n) is 9.50. The Morgan fingerprint density at radius 2 is 1.83 bits per heavy atom. The Bertz CT molecular complexity index is 967. The molecule has 10 heteroatoms. The molecule has 0 amide bonds. The Morgan fingerprint density at radius 3 is 2.52 bits per heavy atom. The summed E-state index contributed by atoms with van der Waals surface area (Å²) in [5, 5.41) is 3.30. The van der Waals surface area contributed by atoms with Gasteiger partial charge in [0, 0.05) is 25.4 Å². The zero-order valence-electron chi connectivity index (χ0n) is 16.5. The summed E-state index contributed by atoms with van der Waals surface area (Å²) in [5.74, 6) is 2.90. The number of aryl methyl sites for hydroxylation is 1. The number of methoxy groups -OCH3 is 1. The molecule has 3 aromatic rings. The third kappa shape index (κ3) is 4.31. The smallest absolute Gasteiger partial charge is 0.227 e. The minimum Gasteiger partial charge on any atom is -0.481 e. The summed E-state index contributed by atoms with van der Waals surface area (Å²) in [4.78, 5) is 28.5. The maximum absolute atomic E-state index is 5.82. The number of piperidine rings is 1. The first-order valence-corrected chi connectivity index (χ1v) is 9.50. The van der Waals surface area contributed by atoms with Gasteiger partial charge in [-0.25, -0.2) is 15.0 Å². The molecule has 0 saturated carbocycles. The van der Waals surface area contributed by atoms with E-state index in [-0.39, 0.29) is 5.95 Å². The van der Waals surface area contributed by atoms with Crippen LogP contribution in [0.5, 0.6) is 5.88 Å². The maximum atomic E-state index is 5.82. The van der Waals surface area contributed by atoms with Crippen molar-refractivity contribution in [3.63, 3.8) is 0 Å². The summed E-state index contributed by atoms with van der Waals surface area (Å²) < 4.78 is 5.13. The van der Waals surface area contributed by atoms with Crippen LogP contribution in [0.15, 0.2) is 24.5 Å². The van der Waals surface area contributed by atoms with Crippen LogP contribution in [-0.4, -0.2) is 50.1 Å². The van der Waals surface area contributed by atoms with Gasteiger partial charge in [-0.1, -0.05) is 0 Å². The molecule has 0 radical (unpaired) electrons. The number of nitrogens with one attached hydrogen (secondary N) is 1. The van der Waals surface area contributed by atoms with Crippen LogP contribution in [0.4, 0.5) is 23.4 Å². The van der Waals surface area contributed by atoms with Gasteiger partial charge in [-0.3, -0.25) is 0 Å². The molecule has 0 atom stereocenters. The molecule has 10 nitrogen and oxygen atoms in total. The van der Waals surface area contributed by atoms with Crippen LogP contribution in [0.3, 0.4) is 0 Å². The van der Waals surface area contributed by atoms with Gasteiger partial charge in [-0.05, 0) is 32.3 Å². The number of anilines is 4. The second kappa shape index (κ2) is 8.21. The Hall–Kier alpha value is -3.56. The Morgan fingerprint density at radius 1 is 1.00 bits per heavy atom. The van der Waals surface area contributed by atoms with Crippen LogP contribution in [0.25, 0.3) is 11.4 Å². The highest BCUT2D eigenvalue weighted by molar-refractivity contribution is 5.75. The van der Waals surface area contributed by atoms with Gasteiger partial charge in [-0.15, -0.1) is 0 Å². The van der Waals surface area contributed by atoms with E-state index in [2.05, 4.69) is 35.1 Å². The number of nitrogens with two attached hydrogens (primary N) is 1. The zero-order chi connectivity index (χ0) is 20.2. The van der Waals surface area contributed by atoms with Crippen LogP contribution in [0.2, 0.25) is 0 Å². The summed E-state index contributed by atoms with van der Waals surface area (Å²) in [7, 11) is 1.58. The molecular weight excluding hydrogens is 370 g/mol. The number of nitrogen functional groups attached to an aromatic ring is 1. The molecule has 4 heterocycles. The molecule has 3 aromatic heterocycles. The lowest BCUT2D eigenvalue weighted by atomic mass is 10.1. The quantitative estimate of drug-likeness (QED) is 0.666. The molecule has 1 aliphatic heterocycles. The van der Waals surface area contributed by atoms with E-state index in [9.17, 15) is 0 Å². The van der Waals surface area contributed by atoms with E-state index < -0.39 is 0 Å². The number of hydrogen-bond acceptors (Lipinski definition) is 10. The number of nitrogens with zero attached hydrogens (tertiary/aromatic N) is 7. The molecule has 3 N–H and O–H groups in total. The lowest BCUT2D eigenvalue weighted by molar-refractivity contribution is 0.398. The molecule has 0 unspecified atom stereocenters. The van der Waals surface area contributed by atoms with Gasteiger partial charge in [0.05, 0.1) is 24.6 Å². The van der Waals surface area contributed by atoms with Gasteiger partial charge < -0.3 is 20.7 Å². The third-order valence-electron chi connectivity index (χ3n) is 4.63. The van der Waals surface area contributed by atoms with E-state index in [0.717, 1.165) is 31.6 Å². The molecule has 150 valence electrons. The van der Waals surface area contributed by atoms with E-state index in [4.69, 9.17) is 15.5 Å². The average Bonchev–Trinajstić information content (AvgIpc) is 2.74. The minimum absolute atomic E-state index is 0.157. The molecule has 0 spiro atoms. The molecule has 0 aromatic carbocycles. The average molecular weight is 393 g/mol. The molecule has 0 aliphatic carbocycles. The van der Waals surface area contributed by atoms with Crippen molar-refractivity contribution in [1.29, 1.82) is 0 Å². The SMILES string of the molecule is COc1ccc(Nc2nc(N3CCCCC3)ncc2-c2nc(C)nc(N)n2)cn1. The normalized spacial score (nSPS) is 13.9. The highest BCUT2D eigenvalue weighted by Gasteiger charge is 2.18. The van der Waals surface area contributed by atoms with Crippen molar-refractivity contribution in [3.05, 3.63) is 30.4 Å². The van der Waals surface area contributed by atoms with Crippen molar-refractivity contribution in [1.82, 2.24) is 29.9 Å². The summed E-state index contributed by atoms with van der Waals surface area (Å²) in [6, 6.07) is 3.64. The van der Waals surface area contributed by atoms with Crippen LogP contribution >= 0.6 is 0 Å². The summed E-state index contributed by atoms with van der Waals surface area (Å²) in [6.07, 6.45) is 6.92. The van der Waals surface area contributed by atoms with Crippen molar-refractivity contribution in [2.45, 2.75) is 26.2 Å². The molecular formula is C19H23N9O. The zero-order valence-corrected chi connectivity index (χ0v) is 16.5. The van der Waals surface area contributed by atoms with E-state index in [0.29, 0.717) is 34.9 Å². The first kappa shape index (κ1) is 18.8. The molecule has 1 aliphatic rings. The van der Waals surface area contributed by atoms with Crippen LogP contribution in [-0.2, 0) is 0 Å². The van der Waals surface area contributed by atoms with Crippen molar-refractivity contribution in [2.75, 3.05) is 36.1 Å². The summed E-state index contributed by atoms with van der Waals surface area (Å²) in [5.41, 5.74) is 7.22. The van der Waals surface area contributed by atoms with Crippen LogP contribution < -0.4 is 20.7 Å². The highest BCUT2D eigenvalue weighted by atomic mass is 16.5. The molecule has 1 fully saturated rings. The fourth-order valence-corrected chi connectivity index (χ4v) is 3.21. The van der Waals surface area contributed by atoms with E-state index in [1.807, 2.05) is 6.07 Å². The van der Waals surface area contributed by atoms with Crippen molar-refractivity contribution < 1.29 is 4.74 Å². The molecule has 1 saturated heterocycles. The number of rotatable bonds is 5. The largest absolute Gasteiger partial charge is 0.481 e. The second-order valence-electron chi connectivity index (χ2n) is 6.76. The number of hydrogen-bond donors (Lipinski definition) is 2. The first-order chi connectivity index (χ1) is 14.1. The van der Waals surface area contributed by atoms with E-state index >= 15 is 0 Å². The number of ether oxygens (including phenoxy) is 1. The standard InChI is InChI=1S/C19H23N9O/c1-12-23-16(26-18(20)24-12)14-11-22-19(28-8-4-3-5-9-28)27-17(14)25-13-6-7-15(29-2)21-10-13/h6-7,10-11H,3-5,8-9H2,1-2H3,(H,22,25,27)(H2,20,23,24,26). The molecule has 29 heavy (non-hydrogen) atoms. The highest BCUT2D eigenvalue weighted by Crippen LogP contribution is 2.29. The van der Waals surface area contributed by atoms with Crippen molar-refractivity contribution in [2.24, 2.45) is 0 Å². The van der Waals surface area contributed by atoms with Crippen LogP contribution in [0, 0.1) is 6.92 Å². The van der Waals surface area contributed by atoms with Crippen molar-refractivity contribution >= 4 is 23.4 Å². The minimum atomic E-state index is 0.157. The molecule has 0 bridgehead atoms. The van der Waals surface area contributed by atoms with E-state index in [1.165, 1.54) is 6.42 Å². The Kier molecular flexibility index (Phi) is 5.32. The summed E-state index contributed by atoms with van der Waals surface area (Å²) >= 11 is 0. The second-order valence-corrected chi connectivity index (χ2v) is 6.76. The van der Waals surface area contributed by atoms with Gasteiger partial charge in [0.1, 0.15) is 11.6 Å². The van der Waals surface area contributed by atoms with Gasteiger partial charge in [0.25, 0.3) is 0 Å². The fraction of sp³-hybridized carbons (Fsp3) is 0.368. The molecule has 4 rings (SSSR count). The third-order valence-corrected chi connectivity index (χ3v) is 4.63. The summed E-state index contributed by atoms with van der Waals surface area (Å²) in [6.45, 7) is 3.66. The topological polar surface area (TPSA) is 128 Å². The predicted molar refractivity (Wildman–Crippen MR) is 110 cm³/mol. The van der Waals surface area contributed by atoms with Gasteiger partial charge >= 0.3 is 0 Å². The Balaban J connectivity index is 1.74. The lowest BCUT2D eigenvalue weighted by Gasteiger charge is -2.27. The number of aromatic nitrogens is 6. The van der Waals surface area contributed by atoms with Gasteiger partial charge in [0.2, 0.25) is 17.8 Å². The van der Waals surface area contributed by atoms with E-state index in [1.54, 1.807) is 32.5 Å². The van der Waals surface area contributed by atoms with Crippen molar-refractivity contribution in [3.8, 4) is 17.3 Å². The monoisotopic (exact) mass is 393 g/mol. The van der Waals surface area contributed by atoms with Gasteiger partial charge in [0.15, 0.2) is 5.82 Å². The predicted octanol–water partition coefficient (Wildman–Crippen LogP) is 2.36. The Labute approximate surface area is 168 Å². The fourth-order valence-electron chi connectivity index (χ4n) is 3.21. The maximum Gasteiger partial charge on any atom is 0.227 e. The van der Waals surface area contributed by atoms with Crippen LogP contribution in [0.1, 0.15) is 25.1 Å². The lowest BCUT2D eigenvalue weighted by Crippen LogP contribution is -2.31. The van der Waals surface area contributed by atoms with Gasteiger partial charge in [-0.2, -0.15) is 15.0 Å². The number of pyridine rings is 1.